The predicted molar refractivity (Wildman–Crippen MR) is 60.9 cm³/mol. The molecule has 2 saturated carbocycles. The molecule has 2 aliphatic carbocycles. The predicted octanol–water partition coefficient (Wildman–Crippen LogP) is 1.26. The van der Waals surface area contributed by atoms with Gasteiger partial charge in [0.15, 0.2) is 0 Å². The van der Waals surface area contributed by atoms with Gasteiger partial charge in [-0.25, -0.2) is 13.6 Å². The number of alkyl halides is 2. The van der Waals surface area contributed by atoms with E-state index in [0.717, 1.165) is 0 Å². The number of halogens is 2. The van der Waals surface area contributed by atoms with Crippen LogP contribution < -0.4 is 5.32 Å². The molecule has 0 bridgehead atoms. The number of carbonyl (C=O) groups excluding carboxylic acids is 1. The maximum atomic E-state index is 13.4. The molecule has 5 nitrogen and oxygen atoms in total. The van der Waals surface area contributed by atoms with Crippen molar-refractivity contribution >= 4 is 12.4 Å². The zero-order chi connectivity index (χ0) is 14.3. The molecule has 0 spiro atoms. The van der Waals surface area contributed by atoms with Crippen LogP contribution in [0.2, 0.25) is 0 Å². The molecule has 0 saturated heterocycles. The van der Waals surface area contributed by atoms with Crippen molar-refractivity contribution in [3.63, 3.8) is 0 Å². The number of fused-ring (bicyclic) bond motifs is 1. The minimum atomic E-state index is -2.75. The fourth-order valence-corrected chi connectivity index (χ4v) is 3.58. The second-order valence-corrected chi connectivity index (χ2v) is 5.65. The van der Waals surface area contributed by atoms with Crippen LogP contribution >= 0.6 is 0 Å². The molecule has 7 heteroatoms. The third kappa shape index (κ3) is 2.70. The lowest BCUT2D eigenvalue weighted by atomic mass is 9.76. The van der Waals surface area contributed by atoms with E-state index in [0.29, 0.717) is 6.29 Å². The molecule has 0 aromatic carbocycles. The molecule has 4 atom stereocenters. The first kappa shape index (κ1) is 14.2. The topological polar surface area (TPSA) is 86.6 Å². The second kappa shape index (κ2) is 4.70. The summed E-state index contributed by atoms with van der Waals surface area (Å²) in [7, 11) is 0. The largest absolute Gasteiger partial charge is 0.465 e. The third-order valence-electron chi connectivity index (χ3n) is 4.40. The Balaban J connectivity index is 2.14. The number of aldehydes is 1. The molecule has 2 rings (SSSR count). The van der Waals surface area contributed by atoms with Gasteiger partial charge < -0.3 is 20.3 Å². The lowest BCUT2D eigenvalue weighted by molar-refractivity contribution is -0.121. The van der Waals surface area contributed by atoms with Crippen molar-refractivity contribution in [2.75, 3.05) is 6.54 Å². The van der Waals surface area contributed by atoms with Crippen LogP contribution in [0.5, 0.6) is 0 Å². The van der Waals surface area contributed by atoms with Crippen molar-refractivity contribution in [1.29, 1.82) is 0 Å². The molecule has 3 N–H and O–H groups in total. The molecular weight excluding hydrogens is 260 g/mol. The first-order chi connectivity index (χ1) is 8.77. The first-order valence-electron chi connectivity index (χ1n) is 6.30. The zero-order valence-electron chi connectivity index (χ0n) is 10.3. The van der Waals surface area contributed by atoms with Crippen LogP contribution in [0.15, 0.2) is 0 Å². The maximum Gasteiger partial charge on any atom is 0.404 e. The van der Waals surface area contributed by atoms with Crippen LogP contribution in [0.3, 0.4) is 0 Å². The van der Waals surface area contributed by atoms with Crippen LogP contribution in [0.1, 0.15) is 25.7 Å². The Morgan fingerprint density at radius 3 is 2.68 bits per heavy atom. The van der Waals surface area contributed by atoms with Gasteiger partial charge in [-0.15, -0.1) is 0 Å². The van der Waals surface area contributed by atoms with E-state index in [1.165, 1.54) is 0 Å². The molecule has 0 radical (unpaired) electrons. The van der Waals surface area contributed by atoms with Gasteiger partial charge in [-0.2, -0.15) is 0 Å². The van der Waals surface area contributed by atoms with Crippen molar-refractivity contribution in [3.8, 4) is 0 Å². The molecule has 0 heterocycles. The van der Waals surface area contributed by atoms with Crippen molar-refractivity contribution in [3.05, 3.63) is 0 Å². The van der Waals surface area contributed by atoms with Crippen molar-refractivity contribution in [2.24, 2.45) is 17.8 Å². The number of rotatable bonds is 3. The summed E-state index contributed by atoms with van der Waals surface area (Å²) in [4.78, 5) is 21.6. The van der Waals surface area contributed by atoms with Crippen molar-refractivity contribution < 1.29 is 28.6 Å². The van der Waals surface area contributed by atoms with Gasteiger partial charge in [0.05, 0.1) is 12.1 Å². The Labute approximate surface area is 109 Å². The number of hydrogen-bond donors (Lipinski definition) is 3. The zero-order valence-corrected chi connectivity index (χ0v) is 10.3. The number of hydrogen-bond acceptors (Lipinski definition) is 3. The summed E-state index contributed by atoms with van der Waals surface area (Å²) in [5, 5.41) is 21.0. The van der Waals surface area contributed by atoms with E-state index in [1.807, 2.05) is 5.32 Å². The molecule has 1 unspecified atom stereocenters. The van der Waals surface area contributed by atoms with Gasteiger partial charge >= 0.3 is 6.09 Å². The van der Waals surface area contributed by atoms with Gasteiger partial charge in [0, 0.05) is 18.8 Å². The van der Waals surface area contributed by atoms with Crippen LogP contribution in [-0.4, -0.2) is 40.7 Å². The summed E-state index contributed by atoms with van der Waals surface area (Å²) in [6, 6.07) is 0. The summed E-state index contributed by atoms with van der Waals surface area (Å²) in [5.74, 6) is -4.24. The second-order valence-electron chi connectivity index (χ2n) is 5.65. The number of aliphatic hydroxyl groups is 1. The van der Waals surface area contributed by atoms with E-state index in [-0.39, 0.29) is 38.1 Å². The van der Waals surface area contributed by atoms with Gasteiger partial charge in [0.25, 0.3) is 0 Å². The molecular formula is C12H17F2NO4. The molecule has 0 aliphatic heterocycles. The third-order valence-corrected chi connectivity index (χ3v) is 4.40. The highest BCUT2D eigenvalue weighted by Crippen LogP contribution is 2.53. The average molecular weight is 277 g/mol. The number of carbonyl (C=O) groups is 2. The average Bonchev–Trinajstić information content (AvgIpc) is 2.56. The minimum absolute atomic E-state index is 0.0386. The van der Waals surface area contributed by atoms with E-state index < -0.39 is 29.5 Å². The summed E-state index contributed by atoms with van der Waals surface area (Å²) < 4.78 is 26.7. The van der Waals surface area contributed by atoms with Crippen LogP contribution in [-0.2, 0) is 4.79 Å². The Bertz CT molecular complexity index is 390. The van der Waals surface area contributed by atoms with Gasteiger partial charge in [-0.3, -0.25) is 0 Å². The highest BCUT2D eigenvalue weighted by atomic mass is 19.3. The lowest BCUT2D eigenvalue weighted by Crippen LogP contribution is -2.47. The smallest absolute Gasteiger partial charge is 0.404 e. The number of nitrogens with one attached hydrogen (secondary N) is 1. The Kier molecular flexibility index (Phi) is 3.51. The first-order valence-corrected chi connectivity index (χ1v) is 6.30. The highest BCUT2D eigenvalue weighted by molar-refractivity contribution is 5.65. The van der Waals surface area contributed by atoms with Crippen molar-refractivity contribution in [1.82, 2.24) is 5.32 Å². The van der Waals surface area contributed by atoms with E-state index in [1.54, 1.807) is 0 Å². The van der Waals surface area contributed by atoms with Crippen LogP contribution in [0, 0.1) is 17.8 Å². The van der Waals surface area contributed by atoms with E-state index in [2.05, 4.69) is 0 Å². The van der Waals surface area contributed by atoms with Crippen LogP contribution in [0.4, 0.5) is 13.6 Å². The number of amides is 1. The normalized spacial score (nSPS) is 40.5. The Hall–Kier alpha value is -1.24. The van der Waals surface area contributed by atoms with Gasteiger partial charge in [0.1, 0.15) is 6.29 Å². The Morgan fingerprint density at radius 2 is 2.11 bits per heavy atom. The molecule has 0 aromatic rings. The van der Waals surface area contributed by atoms with Crippen LogP contribution in [0.25, 0.3) is 0 Å². The standard InChI is InChI=1S/C12H17F2NO4/c13-12(14)2-1-8-7(4-12)3-11(19,9(8)5-16)6-15-10(17)18/h5,7-9,15,19H,1-4,6H2,(H,17,18)/t7-,8-,9+,11?/m1/s1. The fourth-order valence-electron chi connectivity index (χ4n) is 3.58. The van der Waals surface area contributed by atoms with E-state index in [4.69, 9.17) is 5.11 Å². The molecule has 0 aromatic heterocycles. The van der Waals surface area contributed by atoms with Gasteiger partial charge in [0.2, 0.25) is 5.92 Å². The lowest BCUT2D eigenvalue weighted by Gasteiger charge is -2.33. The summed E-state index contributed by atoms with van der Waals surface area (Å²) >= 11 is 0. The minimum Gasteiger partial charge on any atom is -0.465 e. The van der Waals surface area contributed by atoms with Gasteiger partial charge in [-0.05, 0) is 24.7 Å². The monoisotopic (exact) mass is 277 g/mol. The molecule has 2 aliphatic rings. The fraction of sp³-hybridized carbons (Fsp3) is 0.833. The van der Waals surface area contributed by atoms with E-state index >= 15 is 0 Å². The number of carboxylic acid groups (broad SMARTS) is 1. The molecule has 1 amide bonds. The molecule has 2 fully saturated rings. The summed E-state index contributed by atoms with van der Waals surface area (Å²) in [6.45, 7) is -0.301. The SMILES string of the molecule is O=C[C@H]1[C@@H]2CCC(F)(F)C[C@H]2CC1(O)CNC(=O)O. The summed E-state index contributed by atoms with van der Waals surface area (Å²) in [6.07, 6.45) is -1.11. The summed E-state index contributed by atoms with van der Waals surface area (Å²) in [5.41, 5.74) is -1.55. The quantitative estimate of drug-likeness (QED) is 0.678. The van der Waals surface area contributed by atoms with Gasteiger partial charge in [-0.1, -0.05) is 0 Å². The molecule has 19 heavy (non-hydrogen) atoms. The van der Waals surface area contributed by atoms with Crippen molar-refractivity contribution in [2.45, 2.75) is 37.2 Å². The molecule has 108 valence electrons. The highest BCUT2D eigenvalue weighted by Gasteiger charge is 2.57. The maximum absolute atomic E-state index is 13.4. The van der Waals surface area contributed by atoms with E-state index in [9.17, 15) is 23.5 Å². The Morgan fingerprint density at radius 1 is 1.42 bits per heavy atom.